The number of ether oxygens (including phenoxy) is 1. The van der Waals surface area contributed by atoms with E-state index in [1.165, 1.54) is 6.20 Å². The van der Waals surface area contributed by atoms with E-state index in [1.807, 2.05) is 37.1 Å². The summed E-state index contributed by atoms with van der Waals surface area (Å²) in [5.74, 6) is -2.03. The lowest BCUT2D eigenvalue weighted by Crippen LogP contribution is -2.29. The second-order valence-corrected chi connectivity index (χ2v) is 10.7. The number of nitrogens with one attached hydrogen (secondary N) is 1. The summed E-state index contributed by atoms with van der Waals surface area (Å²) in [6.45, 7) is 4.39. The van der Waals surface area contributed by atoms with Gasteiger partial charge in [-0.3, -0.25) is 9.69 Å². The molecule has 2 aromatic carbocycles. The lowest BCUT2D eigenvalue weighted by molar-refractivity contribution is 0.0694. The summed E-state index contributed by atoms with van der Waals surface area (Å²) in [4.78, 5) is 40.6. The first-order chi connectivity index (χ1) is 19.2. The highest BCUT2D eigenvalue weighted by molar-refractivity contribution is 6.38. The van der Waals surface area contributed by atoms with Crippen molar-refractivity contribution in [2.75, 3.05) is 36.5 Å². The van der Waals surface area contributed by atoms with Gasteiger partial charge in [-0.05, 0) is 55.6 Å². The fourth-order valence-corrected chi connectivity index (χ4v) is 6.01. The van der Waals surface area contributed by atoms with Gasteiger partial charge in [-0.15, -0.1) is 0 Å². The Labute approximate surface area is 236 Å². The Kier molecular flexibility index (Phi) is 8.00. The van der Waals surface area contributed by atoms with Gasteiger partial charge in [0.2, 0.25) is 5.43 Å². The number of halogens is 2. The largest absolute Gasteiger partial charge is 0.477 e. The van der Waals surface area contributed by atoms with Crippen molar-refractivity contribution >= 4 is 45.9 Å². The Bertz CT molecular complexity index is 1540. The molecule has 1 fully saturated rings. The first-order valence-corrected chi connectivity index (χ1v) is 13.9. The molecule has 3 aromatic rings. The molecule has 1 unspecified atom stereocenters. The van der Waals surface area contributed by atoms with Crippen LogP contribution in [0.3, 0.4) is 0 Å². The molecule has 40 heavy (non-hydrogen) atoms. The van der Waals surface area contributed by atoms with Gasteiger partial charge in [0.1, 0.15) is 17.5 Å². The van der Waals surface area contributed by atoms with Crippen LogP contribution < -0.4 is 20.5 Å². The van der Waals surface area contributed by atoms with Crippen LogP contribution in [0.4, 0.5) is 20.6 Å². The summed E-state index contributed by atoms with van der Waals surface area (Å²) in [6.07, 6.45) is 3.75. The van der Waals surface area contributed by atoms with Gasteiger partial charge < -0.3 is 24.6 Å². The van der Waals surface area contributed by atoms with Crippen LogP contribution in [0.2, 0.25) is 5.02 Å². The third kappa shape index (κ3) is 5.13. The number of pyridine rings is 1. The fourth-order valence-electron chi connectivity index (χ4n) is 5.59. The number of carboxylic acid groups (broad SMARTS) is 1. The molecule has 9 nitrogen and oxygen atoms in total. The molecule has 3 heterocycles. The number of carboxylic acids is 1. The Hall–Kier alpha value is -3.63. The number of amides is 1. The summed E-state index contributed by atoms with van der Waals surface area (Å²) in [5, 5.41) is 12.6. The molecule has 1 atom stereocenters. The van der Waals surface area contributed by atoms with Crippen molar-refractivity contribution in [3.8, 4) is 0 Å². The number of rotatable bonds is 8. The molecule has 0 radical (unpaired) electrons. The molecular formula is C29H32ClFN4O5. The quantitative estimate of drug-likeness (QED) is 0.401. The average Bonchev–Trinajstić information content (AvgIpc) is 3.15. The summed E-state index contributed by atoms with van der Waals surface area (Å²) in [6, 6.07) is 6.93. The molecule has 11 heteroatoms. The highest BCUT2D eigenvalue weighted by atomic mass is 35.5. The number of cyclic esters (lactones) is 1. The van der Waals surface area contributed by atoms with Gasteiger partial charge in [0, 0.05) is 38.1 Å². The predicted molar refractivity (Wildman–Crippen MR) is 152 cm³/mol. The molecule has 1 saturated heterocycles. The molecule has 0 aliphatic carbocycles. The van der Waals surface area contributed by atoms with E-state index in [9.17, 15) is 19.5 Å². The molecule has 1 amide bonds. The van der Waals surface area contributed by atoms with Crippen molar-refractivity contribution in [1.29, 1.82) is 0 Å². The number of carbonyl (C=O) groups excluding carboxylic acids is 1. The number of aromatic nitrogens is 1. The topological polar surface area (TPSA) is 104 Å². The van der Waals surface area contributed by atoms with E-state index in [1.54, 1.807) is 9.47 Å². The van der Waals surface area contributed by atoms with Crippen molar-refractivity contribution in [1.82, 2.24) is 9.88 Å². The molecule has 5 rings (SSSR count). The summed E-state index contributed by atoms with van der Waals surface area (Å²) < 4.78 is 22.8. The van der Waals surface area contributed by atoms with Crippen LogP contribution in [0.15, 0.2) is 35.3 Å². The minimum atomic E-state index is -1.36. The summed E-state index contributed by atoms with van der Waals surface area (Å²) in [7, 11) is 1.81. The number of hydrogen-bond acceptors (Lipinski definition) is 6. The van der Waals surface area contributed by atoms with Crippen molar-refractivity contribution in [3.63, 3.8) is 0 Å². The van der Waals surface area contributed by atoms with E-state index in [4.69, 9.17) is 16.3 Å². The highest BCUT2D eigenvalue weighted by Gasteiger charge is 2.32. The van der Waals surface area contributed by atoms with E-state index in [-0.39, 0.29) is 28.3 Å². The van der Waals surface area contributed by atoms with E-state index in [0.29, 0.717) is 38.2 Å². The van der Waals surface area contributed by atoms with Crippen LogP contribution in [-0.2, 0) is 24.2 Å². The third-order valence-electron chi connectivity index (χ3n) is 7.57. The lowest BCUT2D eigenvalue weighted by Gasteiger charge is -2.26. The number of likely N-dealkylation sites (N-methyl/N-ethyl adjacent to an activating group) is 1. The standard InChI is InChI=1S/C29H32ClFN4O5/c1-3-4-9-34-16-22(28(37)38)27(36)21-12-23(31)26(24(30)25(21)34)33-10-5-6-17-11-19(8-7-18(17)14-33)35-15-20(13-32-2)40-29(35)39/h7-8,11-12,16,20,32H,3-6,9-10,13-15H2,1-2H3,(H,37,38). The number of unbranched alkanes of at least 4 members (excludes halogenated alkanes) is 1. The van der Waals surface area contributed by atoms with Crippen LogP contribution >= 0.6 is 11.6 Å². The van der Waals surface area contributed by atoms with Crippen molar-refractivity contribution < 1.29 is 23.8 Å². The van der Waals surface area contributed by atoms with Crippen LogP contribution in [0.5, 0.6) is 0 Å². The Balaban J connectivity index is 1.52. The molecule has 0 saturated carbocycles. The minimum absolute atomic E-state index is 0.0452. The highest BCUT2D eigenvalue weighted by Crippen LogP contribution is 2.38. The molecule has 0 spiro atoms. The van der Waals surface area contributed by atoms with Gasteiger partial charge in [-0.2, -0.15) is 0 Å². The van der Waals surface area contributed by atoms with Gasteiger partial charge in [0.15, 0.2) is 0 Å². The zero-order valence-electron chi connectivity index (χ0n) is 22.5. The first kappa shape index (κ1) is 27.9. The van der Waals surface area contributed by atoms with E-state index < -0.39 is 22.8 Å². The average molecular weight is 571 g/mol. The number of fused-ring (bicyclic) bond motifs is 2. The number of nitrogens with zero attached hydrogens (tertiary/aromatic N) is 3. The van der Waals surface area contributed by atoms with E-state index >= 15 is 4.39 Å². The van der Waals surface area contributed by atoms with Gasteiger partial charge in [-0.25, -0.2) is 14.0 Å². The summed E-state index contributed by atoms with van der Waals surface area (Å²) in [5.41, 5.74) is 2.18. The zero-order chi connectivity index (χ0) is 28.6. The minimum Gasteiger partial charge on any atom is -0.477 e. The van der Waals surface area contributed by atoms with E-state index in [2.05, 4.69) is 5.32 Å². The monoisotopic (exact) mass is 570 g/mol. The molecule has 1 aromatic heterocycles. The number of anilines is 2. The molecule has 2 N–H and O–H groups in total. The number of hydrogen-bond donors (Lipinski definition) is 2. The van der Waals surface area contributed by atoms with Crippen molar-refractivity contribution in [3.05, 3.63) is 68.2 Å². The Morgan fingerprint density at radius 3 is 2.77 bits per heavy atom. The Morgan fingerprint density at radius 1 is 1.25 bits per heavy atom. The van der Waals surface area contributed by atoms with Gasteiger partial charge >= 0.3 is 12.1 Å². The van der Waals surface area contributed by atoms with Crippen LogP contribution in [-0.4, -0.2) is 54.5 Å². The number of aryl methyl sites for hydroxylation is 2. The SMILES string of the molecule is CCCCn1cc(C(=O)O)c(=O)c2cc(F)c(N3CCCc4cc(N5CC(CNC)OC5=O)ccc4C3)c(Cl)c21. The maximum absolute atomic E-state index is 15.7. The van der Waals surface area contributed by atoms with Crippen LogP contribution in [0, 0.1) is 5.82 Å². The van der Waals surface area contributed by atoms with Crippen LogP contribution in [0.1, 0.15) is 47.7 Å². The number of carbonyl (C=O) groups is 2. The Morgan fingerprint density at radius 2 is 2.05 bits per heavy atom. The summed E-state index contributed by atoms with van der Waals surface area (Å²) >= 11 is 6.86. The normalized spacial score (nSPS) is 17.2. The van der Waals surface area contributed by atoms with Crippen molar-refractivity contribution in [2.24, 2.45) is 0 Å². The van der Waals surface area contributed by atoms with Gasteiger partial charge in [0.25, 0.3) is 0 Å². The molecular weight excluding hydrogens is 539 g/mol. The zero-order valence-corrected chi connectivity index (χ0v) is 23.3. The molecule has 0 bridgehead atoms. The third-order valence-corrected chi connectivity index (χ3v) is 7.93. The van der Waals surface area contributed by atoms with Crippen molar-refractivity contribution in [2.45, 2.75) is 51.8 Å². The maximum atomic E-state index is 15.7. The predicted octanol–water partition coefficient (Wildman–Crippen LogP) is 4.79. The second kappa shape index (κ2) is 11.5. The van der Waals surface area contributed by atoms with E-state index in [0.717, 1.165) is 48.6 Å². The second-order valence-electron chi connectivity index (χ2n) is 10.3. The molecule has 2 aliphatic rings. The van der Waals surface area contributed by atoms with Crippen LogP contribution in [0.25, 0.3) is 10.9 Å². The van der Waals surface area contributed by atoms with Gasteiger partial charge in [-0.1, -0.05) is 31.0 Å². The lowest BCUT2D eigenvalue weighted by atomic mass is 10.0. The smallest absolute Gasteiger partial charge is 0.414 e. The number of benzene rings is 2. The van der Waals surface area contributed by atoms with Gasteiger partial charge in [0.05, 0.1) is 28.2 Å². The fraction of sp³-hybridized carbons (Fsp3) is 0.414. The molecule has 212 valence electrons. The number of aromatic carboxylic acids is 1. The first-order valence-electron chi connectivity index (χ1n) is 13.5. The maximum Gasteiger partial charge on any atom is 0.414 e. The molecule has 2 aliphatic heterocycles.